The van der Waals surface area contributed by atoms with E-state index in [9.17, 15) is 0 Å². The van der Waals surface area contributed by atoms with Crippen molar-refractivity contribution in [2.45, 2.75) is 38.9 Å². The standard InChI is InChI=1S/C10H15BO3/c1-9(2)10(3,4)14-11(13-9)8-6-5-7-12-8/h5-7H,1-4H3/i5D,6D,7D. The zero-order valence-corrected chi connectivity index (χ0v) is 8.80. The summed E-state index contributed by atoms with van der Waals surface area (Å²) in [6.07, 6.45) is -0.334. The first-order chi connectivity index (χ1) is 7.66. The summed E-state index contributed by atoms with van der Waals surface area (Å²) in [7, 11) is -0.823. The number of hydrogen-bond donors (Lipinski definition) is 0. The van der Waals surface area contributed by atoms with Crippen molar-refractivity contribution in [3.8, 4) is 0 Å². The molecular formula is C10H15BO3. The molecule has 0 bridgehead atoms. The number of furan rings is 1. The minimum absolute atomic E-state index is 0.0960. The van der Waals surface area contributed by atoms with Crippen molar-refractivity contribution in [1.82, 2.24) is 0 Å². The van der Waals surface area contributed by atoms with Crippen LogP contribution in [0.5, 0.6) is 0 Å². The van der Waals surface area contributed by atoms with Gasteiger partial charge in [0.05, 0.1) is 20.2 Å². The van der Waals surface area contributed by atoms with Gasteiger partial charge in [0, 0.05) is 0 Å². The lowest BCUT2D eigenvalue weighted by molar-refractivity contribution is 0.00578. The Labute approximate surface area is 88.7 Å². The quantitative estimate of drug-likeness (QED) is 0.640. The largest absolute Gasteiger partial charge is 0.532 e. The molecule has 0 amide bonds. The summed E-state index contributed by atoms with van der Waals surface area (Å²) in [6, 6.07) is -0.386. The van der Waals surface area contributed by atoms with Gasteiger partial charge < -0.3 is 13.7 Å². The average molecular weight is 197 g/mol. The lowest BCUT2D eigenvalue weighted by Gasteiger charge is -2.32. The summed E-state index contributed by atoms with van der Waals surface area (Å²) in [5.41, 5.74) is -0.957. The molecule has 0 aliphatic carbocycles. The van der Waals surface area contributed by atoms with Crippen molar-refractivity contribution in [3.05, 3.63) is 18.3 Å². The van der Waals surface area contributed by atoms with Gasteiger partial charge in [-0.2, -0.15) is 0 Å². The molecule has 0 radical (unpaired) electrons. The molecule has 4 heteroatoms. The van der Waals surface area contributed by atoms with Crippen LogP contribution in [0.2, 0.25) is 0 Å². The molecule has 0 N–H and O–H groups in total. The normalized spacial score (nSPS) is 27.1. The van der Waals surface area contributed by atoms with Crippen molar-refractivity contribution in [1.29, 1.82) is 0 Å². The van der Waals surface area contributed by atoms with E-state index < -0.39 is 18.3 Å². The van der Waals surface area contributed by atoms with E-state index in [-0.39, 0.29) is 24.0 Å². The second-order valence-electron chi connectivity index (χ2n) is 4.41. The van der Waals surface area contributed by atoms with E-state index in [2.05, 4.69) is 0 Å². The van der Waals surface area contributed by atoms with Gasteiger partial charge in [0.2, 0.25) is 0 Å². The molecule has 0 atom stereocenters. The fraction of sp³-hybridized carbons (Fsp3) is 0.600. The average Bonchev–Trinajstić information content (AvgIpc) is 2.55. The molecular weight excluding hydrogens is 179 g/mol. The maximum atomic E-state index is 7.68. The maximum Gasteiger partial charge on any atom is 0.532 e. The summed E-state index contributed by atoms with van der Waals surface area (Å²) < 4.78 is 38.9. The van der Waals surface area contributed by atoms with Crippen LogP contribution in [0.4, 0.5) is 0 Å². The molecule has 14 heavy (non-hydrogen) atoms. The van der Waals surface area contributed by atoms with Crippen molar-refractivity contribution in [3.63, 3.8) is 0 Å². The Morgan fingerprint density at radius 2 is 1.79 bits per heavy atom. The van der Waals surface area contributed by atoms with Crippen molar-refractivity contribution in [2.24, 2.45) is 0 Å². The lowest BCUT2D eigenvalue weighted by atomic mass is 9.86. The molecule has 1 aliphatic heterocycles. The van der Waals surface area contributed by atoms with Crippen LogP contribution in [0.15, 0.2) is 22.7 Å². The molecule has 1 aromatic heterocycles. The Bertz CT molecular complexity index is 440. The minimum atomic E-state index is -0.823. The van der Waals surface area contributed by atoms with E-state index in [1.54, 1.807) is 0 Å². The van der Waals surface area contributed by atoms with Gasteiger partial charge in [-0.15, -0.1) is 0 Å². The maximum absolute atomic E-state index is 7.68. The summed E-state index contributed by atoms with van der Waals surface area (Å²) in [4.78, 5) is 0. The predicted molar refractivity (Wildman–Crippen MR) is 54.4 cm³/mol. The molecule has 0 aromatic carbocycles. The molecule has 0 saturated carbocycles. The molecule has 1 aromatic rings. The van der Waals surface area contributed by atoms with Crippen LogP contribution in [0, 0.1) is 0 Å². The zero-order valence-electron chi connectivity index (χ0n) is 11.8. The fourth-order valence-electron chi connectivity index (χ4n) is 1.25. The van der Waals surface area contributed by atoms with E-state index in [4.69, 9.17) is 17.8 Å². The Morgan fingerprint density at radius 1 is 1.21 bits per heavy atom. The first-order valence-corrected chi connectivity index (χ1v) is 4.58. The first kappa shape index (κ1) is 6.69. The third-order valence-corrected chi connectivity index (χ3v) is 2.87. The van der Waals surface area contributed by atoms with E-state index >= 15 is 0 Å². The molecule has 0 spiro atoms. The summed E-state index contributed by atoms with van der Waals surface area (Å²) in [5.74, 6) is 0. The minimum Gasteiger partial charge on any atom is -0.473 e. The SMILES string of the molecule is [2H]c1oc(B2OC(C)(C)C(C)(C)O2)c([2H])c1[2H]. The second-order valence-corrected chi connectivity index (χ2v) is 4.41. The van der Waals surface area contributed by atoms with Crippen LogP contribution in [0.25, 0.3) is 0 Å². The first-order valence-electron chi connectivity index (χ1n) is 6.08. The molecule has 2 heterocycles. The van der Waals surface area contributed by atoms with Gasteiger partial charge in [-0.3, -0.25) is 0 Å². The Balaban J connectivity index is 2.35. The van der Waals surface area contributed by atoms with Crippen molar-refractivity contribution >= 4 is 12.8 Å². The van der Waals surface area contributed by atoms with Crippen LogP contribution < -0.4 is 5.66 Å². The second kappa shape index (κ2) is 2.88. The Hall–Kier alpha value is -0.735. The third-order valence-electron chi connectivity index (χ3n) is 2.87. The van der Waals surface area contributed by atoms with Gasteiger partial charge in [0.15, 0.2) is 0 Å². The van der Waals surface area contributed by atoms with Crippen LogP contribution >= 0.6 is 0 Å². The van der Waals surface area contributed by atoms with Gasteiger partial charge in [-0.25, -0.2) is 0 Å². The van der Waals surface area contributed by atoms with Crippen molar-refractivity contribution in [2.75, 3.05) is 0 Å². The van der Waals surface area contributed by atoms with E-state index in [0.717, 1.165) is 0 Å². The summed E-state index contributed by atoms with van der Waals surface area (Å²) in [5, 5.41) is 0. The highest BCUT2D eigenvalue weighted by Crippen LogP contribution is 2.36. The molecule has 1 saturated heterocycles. The van der Waals surface area contributed by atoms with Gasteiger partial charge in [-0.1, -0.05) is 0 Å². The highest BCUT2D eigenvalue weighted by atomic mass is 16.7. The Kier molecular flexibility index (Phi) is 1.37. The van der Waals surface area contributed by atoms with Crippen LogP contribution in [-0.2, 0) is 9.31 Å². The van der Waals surface area contributed by atoms with Gasteiger partial charge in [0.1, 0.15) is 7.03 Å². The lowest BCUT2D eigenvalue weighted by Crippen LogP contribution is -2.41. The highest BCUT2D eigenvalue weighted by molar-refractivity contribution is 6.60. The van der Waals surface area contributed by atoms with Crippen LogP contribution in [0.1, 0.15) is 31.8 Å². The molecule has 0 unspecified atom stereocenters. The monoisotopic (exact) mass is 197 g/mol. The number of hydrogen-bond acceptors (Lipinski definition) is 3. The van der Waals surface area contributed by atoms with Gasteiger partial charge >= 0.3 is 7.12 Å². The summed E-state index contributed by atoms with van der Waals surface area (Å²) in [6.45, 7) is 7.57. The molecule has 3 nitrogen and oxygen atoms in total. The molecule has 1 aliphatic rings. The van der Waals surface area contributed by atoms with Gasteiger partial charge in [0.25, 0.3) is 0 Å². The van der Waals surface area contributed by atoms with E-state index in [1.165, 1.54) is 0 Å². The summed E-state index contributed by atoms with van der Waals surface area (Å²) >= 11 is 0. The highest BCUT2D eigenvalue weighted by Gasteiger charge is 2.52. The molecule has 2 rings (SSSR count). The topological polar surface area (TPSA) is 31.6 Å². The molecule has 76 valence electrons. The van der Waals surface area contributed by atoms with Crippen LogP contribution in [0.3, 0.4) is 0 Å². The van der Waals surface area contributed by atoms with Crippen molar-refractivity contribution < 1.29 is 17.8 Å². The van der Waals surface area contributed by atoms with Crippen LogP contribution in [-0.4, -0.2) is 18.3 Å². The molecule has 1 fully saturated rings. The Morgan fingerprint density at radius 3 is 2.21 bits per heavy atom. The van der Waals surface area contributed by atoms with E-state index in [1.807, 2.05) is 27.7 Å². The van der Waals surface area contributed by atoms with E-state index in [0.29, 0.717) is 0 Å². The third kappa shape index (κ3) is 1.39. The predicted octanol–water partition coefficient (Wildman–Crippen LogP) is 1.58. The smallest absolute Gasteiger partial charge is 0.473 e. The fourth-order valence-corrected chi connectivity index (χ4v) is 1.25. The zero-order chi connectivity index (χ0) is 13.0. The number of rotatable bonds is 1. The van der Waals surface area contributed by atoms with Gasteiger partial charge in [-0.05, 0) is 39.8 Å².